The number of methoxy groups -OCH3 is 2. The summed E-state index contributed by atoms with van der Waals surface area (Å²) in [6, 6.07) is 14.6. The lowest BCUT2D eigenvalue weighted by Gasteiger charge is -2.26. The lowest BCUT2D eigenvalue weighted by atomic mass is 9.97. The summed E-state index contributed by atoms with van der Waals surface area (Å²) in [5.74, 6) is 1.13. The predicted octanol–water partition coefficient (Wildman–Crippen LogP) is 3.43. The molecule has 170 valence electrons. The molecule has 3 amide bonds. The van der Waals surface area contributed by atoms with E-state index in [0.717, 1.165) is 29.0 Å². The molecule has 2 aromatic rings. The molecular weight excluding hydrogens is 408 g/mol. The number of hydrazone groups is 1. The van der Waals surface area contributed by atoms with Crippen LogP contribution in [0.3, 0.4) is 0 Å². The van der Waals surface area contributed by atoms with E-state index >= 15 is 0 Å². The largest absolute Gasteiger partial charge is 0.497 e. The molecule has 1 heterocycles. The van der Waals surface area contributed by atoms with Gasteiger partial charge in [-0.2, -0.15) is 5.10 Å². The number of urea groups is 1. The molecule has 1 aliphatic rings. The molecule has 2 aromatic carbocycles. The predicted molar refractivity (Wildman–Crippen MR) is 123 cm³/mol. The molecule has 0 radical (unpaired) electrons. The number of benzene rings is 2. The van der Waals surface area contributed by atoms with Gasteiger partial charge in [0.2, 0.25) is 0 Å². The van der Waals surface area contributed by atoms with Gasteiger partial charge in [-0.1, -0.05) is 37.3 Å². The Kier molecular flexibility index (Phi) is 7.70. The van der Waals surface area contributed by atoms with Crippen LogP contribution in [0.15, 0.2) is 53.6 Å². The summed E-state index contributed by atoms with van der Waals surface area (Å²) in [4.78, 5) is 26.9. The second kappa shape index (κ2) is 10.7. The number of likely N-dealkylation sites (N-methyl/N-ethyl adjacent to an activating group) is 1. The number of nitrogens with zero attached hydrogens (tertiary/aromatic N) is 3. The Balaban J connectivity index is 1.90. The molecule has 1 atom stereocenters. The summed E-state index contributed by atoms with van der Waals surface area (Å²) in [5, 5.41) is 8.92. The highest BCUT2D eigenvalue weighted by Crippen LogP contribution is 2.37. The smallest absolute Gasteiger partial charge is 0.317 e. The fourth-order valence-electron chi connectivity index (χ4n) is 3.62. The molecule has 0 aliphatic carbocycles. The Hall–Kier alpha value is -3.55. The third-order valence-electron chi connectivity index (χ3n) is 5.31. The van der Waals surface area contributed by atoms with E-state index in [1.165, 1.54) is 9.91 Å². The van der Waals surface area contributed by atoms with Crippen LogP contribution in [0, 0.1) is 0 Å². The van der Waals surface area contributed by atoms with Gasteiger partial charge >= 0.3 is 6.03 Å². The third kappa shape index (κ3) is 5.19. The Morgan fingerprint density at radius 2 is 1.94 bits per heavy atom. The average molecular weight is 439 g/mol. The molecule has 0 aromatic heterocycles. The zero-order valence-corrected chi connectivity index (χ0v) is 19.0. The Labute approximate surface area is 188 Å². The van der Waals surface area contributed by atoms with Crippen molar-refractivity contribution < 1.29 is 19.1 Å². The van der Waals surface area contributed by atoms with Gasteiger partial charge in [-0.3, -0.25) is 4.79 Å². The van der Waals surface area contributed by atoms with Crippen LogP contribution in [-0.4, -0.2) is 61.9 Å². The number of nitrogens with one attached hydrogen (secondary N) is 1. The van der Waals surface area contributed by atoms with Gasteiger partial charge < -0.3 is 19.7 Å². The molecule has 0 saturated carbocycles. The molecule has 0 bridgehead atoms. The highest BCUT2D eigenvalue weighted by Gasteiger charge is 2.35. The van der Waals surface area contributed by atoms with Gasteiger partial charge in [0, 0.05) is 31.1 Å². The van der Waals surface area contributed by atoms with E-state index in [1.54, 1.807) is 21.3 Å². The first-order chi connectivity index (χ1) is 15.5. The first-order valence-electron chi connectivity index (χ1n) is 10.6. The molecule has 0 saturated heterocycles. The molecule has 1 N–H and O–H groups in total. The molecule has 1 aliphatic heterocycles. The summed E-state index contributed by atoms with van der Waals surface area (Å²) >= 11 is 0. The zero-order valence-electron chi connectivity index (χ0n) is 19.0. The number of para-hydroxylation sites is 1. The Bertz CT molecular complexity index is 991. The summed E-state index contributed by atoms with van der Waals surface area (Å²) < 4.78 is 10.9. The maximum atomic E-state index is 13.2. The van der Waals surface area contributed by atoms with Crippen molar-refractivity contribution in [2.45, 2.75) is 25.8 Å². The number of rotatable bonds is 8. The summed E-state index contributed by atoms with van der Waals surface area (Å²) in [6.45, 7) is 2.45. The average Bonchev–Trinajstić information content (AvgIpc) is 3.28. The van der Waals surface area contributed by atoms with E-state index in [0.29, 0.717) is 18.7 Å². The van der Waals surface area contributed by atoms with Crippen LogP contribution in [0.25, 0.3) is 0 Å². The molecule has 0 unspecified atom stereocenters. The van der Waals surface area contributed by atoms with E-state index in [9.17, 15) is 9.59 Å². The first-order valence-corrected chi connectivity index (χ1v) is 10.6. The number of amides is 3. The molecule has 32 heavy (non-hydrogen) atoms. The van der Waals surface area contributed by atoms with Gasteiger partial charge in [-0.05, 0) is 24.6 Å². The second-order valence-corrected chi connectivity index (χ2v) is 7.57. The molecule has 0 fully saturated rings. The lowest BCUT2D eigenvalue weighted by molar-refractivity contribution is -0.133. The van der Waals surface area contributed by atoms with Gasteiger partial charge in [0.1, 0.15) is 18.0 Å². The van der Waals surface area contributed by atoms with Gasteiger partial charge in [-0.25, -0.2) is 9.80 Å². The van der Waals surface area contributed by atoms with Crippen molar-refractivity contribution in [1.82, 2.24) is 15.2 Å². The molecule has 8 heteroatoms. The summed E-state index contributed by atoms with van der Waals surface area (Å²) in [5.41, 5.74) is 2.52. The van der Waals surface area contributed by atoms with Crippen LogP contribution in [0.2, 0.25) is 0 Å². The quantitative estimate of drug-likeness (QED) is 0.684. The van der Waals surface area contributed by atoms with Crippen LogP contribution in [0.4, 0.5) is 4.79 Å². The van der Waals surface area contributed by atoms with Crippen LogP contribution in [0.5, 0.6) is 11.5 Å². The summed E-state index contributed by atoms with van der Waals surface area (Å²) in [6.07, 6.45) is 1.34. The number of carbonyl (C=O) groups excluding carboxylic acids is 2. The van der Waals surface area contributed by atoms with Crippen LogP contribution >= 0.6 is 0 Å². The first kappa shape index (κ1) is 23.1. The molecule has 8 nitrogen and oxygen atoms in total. The van der Waals surface area contributed by atoms with Gasteiger partial charge in [0.05, 0.1) is 26.0 Å². The van der Waals surface area contributed by atoms with Crippen molar-refractivity contribution in [3.05, 3.63) is 59.7 Å². The second-order valence-electron chi connectivity index (χ2n) is 7.57. The maximum absolute atomic E-state index is 13.2. The number of ether oxygens (including phenoxy) is 2. The van der Waals surface area contributed by atoms with Crippen molar-refractivity contribution in [3.63, 3.8) is 0 Å². The maximum Gasteiger partial charge on any atom is 0.317 e. The third-order valence-corrected chi connectivity index (χ3v) is 5.31. The van der Waals surface area contributed by atoms with Crippen molar-refractivity contribution >= 4 is 17.6 Å². The lowest BCUT2D eigenvalue weighted by Crippen LogP contribution is -2.43. The van der Waals surface area contributed by atoms with Crippen LogP contribution in [-0.2, 0) is 4.79 Å². The van der Waals surface area contributed by atoms with Gasteiger partial charge in [-0.15, -0.1) is 0 Å². The number of hydrogen-bond donors (Lipinski definition) is 1. The van der Waals surface area contributed by atoms with E-state index in [1.807, 2.05) is 55.5 Å². The minimum absolute atomic E-state index is 0.0872. The molecule has 3 rings (SSSR count). The minimum Gasteiger partial charge on any atom is -0.497 e. The fraction of sp³-hybridized carbons (Fsp3) is 0.375. The number of hydrogen-bond acceptors (Lipinski definition) is 5. The van der Waals surface area contributed by atoms with Crippen molar-refractivity contribution in [2.75, 3.05) is 34.4 Å². The highest BCUT2D eigenvalue weighted by molar-refractivity contribution is 6.03. The normalized spacial score (nSPS) is 15.2. The topological polar surface area (TPSA) is 83.5 Å². The van der Waals surface area contributed by atoms with Crippen molar-refractivity contribution in [2.24, 2.45) is 5.10 Å². The van der Waals surface area contributed by atoms with Crippen LogP contribution in [0.1, 0.15) is 36.9 Å². The van der Waals surface area contributed by atoms with Gasteiger partial charge in [0.25, 0.3) is 5.91 Å². The monoisotopic (exact) mass is 438 g/mol. The van der Waals surface area contributed by atoms with Crippen molar-refractivity contribution in [3.8, 4) is 11.5 Å². The minimum atomic E-state index is -0.341. The molecule has 0 spiro atoms. The fourth-order valence-corrected chi connectivity index (χ4v) is 3.62. The van der Waals surface area contributed by atoms with Gasteiger partial charge in [0.15, 0.2) is 0 Å². The van der Waals surface area contributed by atoms with E-state index < -0.39 is 0 Å². The highest BCUT2D eigenvalue weighted by atomic mass is 16.5. The Morgan fingerprint density at radius 1 is 1.16 bits per heavy atom. The summed E-state index contributed by atoms with van der Waals surface area (Å²) in [7, 11) is 4.82. The van der Waals surface area contributed by atoms with Crippen LogP contribution < -0.4 is 14.8 Å². The number of carbonyl (C=O) groups is 2. The SMILES string of the molecule is CCCNC(=O)N(C)CC(=O)N1N=C(c2cccc(OC)c2)C[C@@H]1c1ccccc1OC. The molecular formula is C24H30N4O4. The van der Waals surface area contributed by atoms with E-state index in [4.69, 9.17) is 9.47 Å². The standard InChI is InChI=1S/C24H30N4O4/c1-5-13-25-24(30)27(2)16-23(29)28-21(19-11-6-7-12-22(19)32-4)15-20(26-28)17-9-8-10-18(14-17)31-3/h6-12,14,21H,5,13,15-16H2,1-4H3,(H,25,30)/t21-/m1/s1. The van der Waals surface area contributed by atoms with E-state index in [2.05, 4.69) is 10.4 Å². The Morgan fingerprint density at radius 3 is 2.66 bits per heavy atom. The zero-order chi connectivity index (χ0) is 23.1. The van der Waals surface area contributed by atoms with Crippen molar-refractivity contribution in [1.29, 1.82) is 0 Å². The van der Waals surface area contributed by atoms with E-state index in [-0.39, 0.29) is 24.5 Å².